The van der Waals surface area contributed by atoms with Crippen LogP contribution in [0.2, 0.25) is 0 Å². The lowest BCUT2D eigenvalue weighted by Crippen LogP contribution is -2.61. The quantitative estimate of drug-likeness (QED) is 0.847. The summed E-state index contributed by atoms with van der Waals surface area (Å²) in [5, 5.41) is 12.8. The molecule has 1 aromatic carbocycles. The van der Waals surface area contributed by atoms with Gasteiger partial charge in [0.1, 0.15) is 0 Å². The third kappa shape index (κ3) is 4.14. The van der Waals surface area contributed by atoms with E-state index in [1.54, 1.807) is 0 Å². The number of carbonyl (C=O) groups is 1. The lowest BCUT2D eigenvalue weighted by atomic mass is 9.73. The Hall–Kier alpha value is -2.00. The molecule has 0 saturated carbocycles. The Morgan fingerprint density at radius 3 is 2.37 bits per heavy atom. The molecule has 1 aliphatic rings. The number of nitriles is 1. The molecule has 0 aliphatic carbocycles. The van der Waals surface area contributed by atoms with Crippen molar-refractivity contribution in [3.05, 3.63) is 35.4 Å². The molecule has 0 spiro atoms. The molecule has 1 aromatic rings. The molecule has 148 valence electrons. The summed E-state index contributed by atoms with van der Waals surface area (Å²) in [6.07, 6.45) is 1.50. The molecule has 1 saturated heterocycles. The summed E-state index contributed by atoms with van der Waals surface area (Å²) in [6, 6.07) is 6.19. The van der Waals surface area contributed by atoms with Crippen LogP contribution in [-0.4, -0.2) is 35.0 Å². The average Bonchev–Trinajstić information content (AvgIpc) is 2.63. The van der Waals surface area contributed by atoms with Crippen molar-refractivity contribution in [2.24, 2.45) is 0 Å². The molecule has 1 fully saturated rings. The summed E-state index contributed by atoms with van der Waals surface area (Å²) in [4.78, 5) is 14.8. The maximum Gasteiger partial charge on any atom is 0.240 e. The molecule has 1 heterocycles. The lowest BCUT2D eigenvalue weighted by molar-refractivity contribution is -0.134. The molecule has 27 heavy (non-hydrogen) atoms. The Morgan fingerprint density at radius 2 is 1.85 bits per heavy atom. The maximum atomic E-state index is 14.3. The van der Waals surface area contributed by atoms with E-state index in [0.29, 0.717) is 25.9 Å². The zero-order chi connectivity index (χ0) is 20.5. The van der Waals surface area contributed by atoms with Crippen LogP contribution >= 0.6 is 0 Å². The second-order valence-corrected chi connectivity index (χ2v) is 8.53. The molecule has 4 nitrogen and oxygen atoms in total. The highest BCUT2D eigenvalue weighted by atomic mass is 19.2. The van der Waals surface area contributed by atoms with Crippen molar-refractivity contribution in [2.75, 3.05) is 13.1 Å². The Kier molecular flexibility index (Phi) is 5.96. The van der Waals surface area contributed by atoms with E-state index in [9.17, 15) is 18.8 Å². The van der Waals surface area contributed by atoms with Crippen molar-refractivity contribution in [3.63, 3.8) is 0 Å². The molecule has 0 aromatic heterocycles. The SMILES string of the molecule is CCC(C)(C)NC(=O)C(C)(C)N1CCC(C#N)(c2cccc(F)c2F)CC1. The largest absolute Gasteiger partial charge is 0.350 e. The number of piperidine rings is 1. The molecule has 1 N–H and O–H groups in total. The fourth-order valence-electron chi connectivity index (χ4n) is 3.45. The second kappa shape index (κ2) is 7.55. The predicted molar refractivity (Wildman–Crippen MR) is 101 cm³/mol. The highest BCUT2D eigenvalue weighted by Gasteiger charge is 2.44. The van der Waals surface area contributed by atoms with Gasteiger partial charge < -0.3 is 5.32 Å². The second-order valence-electron chi connectivity index (χ2n) is 8.53. The topological polar surface area (TPSA) is 56.1 Å². The van der Waals surface area contributed by atoms with Crippen molar-refractivity contribution in [1.82, 2.24) is 10.2 Å². The highest BCUT2D eigenvalue weighted by Crippen LogP contribution is 2.38. The molecule has 0 unspecified atom stereocenters. The van der Waals surface area contributed by atoms with E-state index in [2.05, 4.69) is 11.4 Å². The minimum absolute atomic E-state index is 0.0734. The first-order chi connectivity index (χ1) is 12.5. The molecule has 0 atom stereocenters. The van der Waals surface area contributed by atoms with Gasteiger partial charge >= 0.3 is 0 Å². The molecule has 0 radical (unpaired) electrons. The molecular formula is C21H29F2N3O. The number of amides is 1. The van der Waals surface area contributed by atoms with Crippen LogP contribution in [0.1, 0.15) is 59.4 Å². The van der Waals surface area contributed by atoms with Gasteiger partial charge in [0.05, 0.1) is 17.0 Å². The summed E-state index contributed by atoms with van der Waals surface area (Å²) in [5.74, 6) is -1.96. The van der Waals surface area contributed by atoms with Gasteiger partial charge in [0, 0.05) is 24.2 Å². The van der Waals surface area contributed by atoms with Crippen LogP contribution in [-0.2, 0) is 10.2 Å². The van der Waals surface area contributed by atoms with Crippen molar-refractivity contribution in [2.45, 2.75) is 70.4 Å². The maximum absolute atomic E-state index is 14.3. The van der Waals surface area contributed by atoms with E-state index in [1.807, 2.05) is 39.5 Å². The third-order valence-electron chi connectivity index (χ3n) is 5.98. The van der Waals surface area contributed by atoms with Gasteiger partial charge in [-0.3, -0.25) is 9.69 Å². The molecule has 1 amide bonds. The standard InChI is InChI=1S/C21H29F2N3O/c1-6-19(2,3)25-18(27)20(4,5)26-12-10-21(14-24,11-13-26)15-8-7-9-16(22)17(15)23/h7-9H,6,10-13H2,1-5H3,(H,25,27). The highest BCUT2D eigenvalue weighted by molar-refractivity contribution is 5.86. The summed E-state index contributed by atoms with van der Waals surface area (Å²) in [6.45, 7) is 10.6. The summed E-state index contributed by atoms with van der Waals surface area (Å²) < 4.78 is 28.0. The fourth-order valence-corrected chi connectivity index (χ4v) is 3.45. The number of rotatable bonds is 5. The molecular weight excluding hydrogens is 348 g/mol. The monoisotopic (exact) mass is 377 g/mol. The zero-order valence-corrected chi connectivity index (χ0v) is 16.8. The molecule has 2 rings (SSSR count). The molecule has 6 heteroatoms. The number of nitrogens with zero attached hydrogens (tertiary/aromatic N) is 2. The van der Waals surface area contributed by atoms with E-state index in [4.69, 9.17) is 0 Å². The Morgan fingerprint density at radius 1 is 1.26 bits per heavy atom. The van der Waals surface area contributed by atoms with Gasteiger partial charge in [-0.1, -0.05) is 19.1 Å². The van der Waals surface area contributed by atoms with E-state index in [-0.39, 0.29) is 17.0 Å². The number of likely N-dealkylation sites (tertiary alicyclic amines) is 1. The summed E-state index contributed by atoms with van der Waals surface area (Å²) in [5.41, 5.74) is -2.02. The Bertz CT molecular complexity index is 744. The number of halogens is 2. The normalized spacial score (nSPS) is 18.0. The number of nitrogens with one attached hydrogen (secondary N) is 1. The van der Waals surface area contributed by atoms with E-state index in [1.165, 1.54) is 12.1 Å². The fraction of sp³-hybridized carbons (Fsp3) is 0.619. The van der Waals surface area contributed by atoms with Crippen LogP contribution in [0, 0.1) is 23.0 Å². The van der Waals surface area contributed by atoms with Gasteiger partial charge in [-0.2, -0.15) is 5.26 Å². The van der Waals surface area contributed by atoms with Gasteiger partial charge in [0.25, 0.3) is 0 Å². The number of carbonyl (C=O) groups excluding carboxylic acids is 1. The van der Waals surface area contributed by atoms with Gasteiger partial charge in [-0.05, 0) is 53.0 Å². The van der Waals surface area contributed by atoms with Crippen molar-refractivity contribution in [1.29, 1.82) is 5.26 Å². The molecule has 0 bridgehead atoms. The van der Waals surface area contributed by atoms with Crippen LogP contribution in [0.25, 0.3) is 0 Å². The van der Waals surface area contributed by atoms with Crippen LogP contribution in [0.3, 0.4) is 0 Å². The first-order valence-electron chi connectivity index (χ1n) is 9.42. The van der Waals surface area contributed by atoms with Crippen LogP contribution in [0.4, 0.5) is 8.78 Å². The van der Waals surface area contributed by atoms with Gasteiger partial charge in [-0.25, -0.2) is 8.78 Å². The van der Waals surface area contributed by atoms with Crippen LogP contribution in [0.5, 0.6) is 0 Å². The van der Waals surface area contributed by atoms with Gasteiger partial charge in [0.15, 0.2) is 11.6 Å². The lowest BCUT2D eigenvalue weighted by Gasteiger charge is -2.45. The minimum atomic E-state index is -1.07. The summed E-state index contributed by atoms with van der Waals surface area (Å²) >= 11 is 0. The summed E-state index contributed by atoms with van der Waals surface area (Å²) in [7, 11) is 0. The Labute approximate surface area is 160 Å². The number of benzene rings is 1. The van der Waals surface area contributed by atoms with E-state index < -0.39 is 22.6 Å². The van der Waals surface area contributed by atoms with Crippen molar-refractivity contribution < 1.29 is 13.6 Å². The average molecular weight is 377 g/mol. The first-order valence-corrected chi connectivity index (χ1v) is 9.42. The smallest absolute Gasteiger partial charge is 0.240 e. The zero-order valence-electron chi connectivity index (χ0n) is 16.8. The van der Waals surface area contributed by atoms with Gasteiger partial charge in [0.2, 0.25) is 5.91 Å². The predicted octanol–water partition coefficient (Wildman–Crippen LogP) is 3.91. The first kappa shape index (κ1) is 21.3. The van der Waals surface area contributed by atoms with Crippen LogP contribution < -0.4 is 5.32 Å². The van der Waals surface area contributed by atoms with Crippen molar-refractivity contribution in [3.8, 4) is 6.07 Å². The number of hydrogen-bond donors (Lipinski definition) is 1. The van der Waals surface area contributed by atoms with E-state index >= 15 is 0 Å². The third-order valence-corrected chi connectivity index (χ3v) is 5.98. The van der Waals surface area contributed by atoms with E-state index in [0.717, 1.165) is 12.5 Å². The Balaban J connectivity index is 2.18. The number of hydrogen-bond acceptors (Lipinski definition) is 3. The molecule has 1 aliphatic heterocycles. The minimum Gasteiger partial charge on any atom is -0.350 e. The van der Waals surface area contributed by atoms with Crippen LogP contribution in [0.15, 0.2) is 18.2 Å². The van der Waals surface area contributed by atoms with Crippen molar-refractivity contribution >= 4 is 5.91 Å². The van der Waals surface area contributed by atoms with Gasteiger partial charge in [-0.15, -0.1) is 0 Å².